The largest absolute Gasteiger partial charge is 0.478 e. The van der Waals surface area contributed by atoms with Crippen LogP contribution in [0, 0.1) is 0 Å². The predicted octanol–water partition coefficient (Wildman–Crippen LogP) is 2.92. The number of aromatic carboxylic acids is 1. The Morgan fingerprint density at radius 3 is 2.70 bits per heavy atom. The van der Waals surface area contributed by atoms with E-state index < -0.39 is 17.7 Å². The number of nitrogens with one attached hydrogen (secondary N) is 1. The number of hydrogen-bond acceptors (Lipinski definition) is 4. The summed E-state index contributed by atoms with van der Waals surface area (Å²) in [6, 6.07) is 4.06. The second-order valence-electron chi connectivity index (χ2n) is 4.76. The maximum Gasteiger partial charge on any atom is 0.419 e. The lowest BCUT2D eigenvalue weighted by molar-refractivity contribution is -0.137. The van der Waals surface area contributed by atoms with Crippen molar-refractivity contribution in [2.75, 3.05) is 5.73 Å². The van der Waals surface area contributed by atoms with Gasteiger partial charge in [-0.05, 0) is 12.1 Å². The van der Waals surface area contributed by atoms with Crippen LogP contribution < -0.4 is 5.73 Å². The minimum atomic E-state index is -4.65. The molecule has 4 N–H and O–H groups in total. The molecule has 23 heavy (non-hydrogen) atoms. The van der Waals surface area contributed by atoms with Gasteiger partial charge in [-0.25, -0.2) is 14.8 Å². The fourth-order valence-corrected chi connectivity index (χ4v) is 2.26. The number of benzene rings is 1. The SMILES string of the molecule is Nc1ncc(C(F)(F)F)c(-c2c[nH]c3cc(C(=O)O)ccc23)n1. The monoisotopic (exact) mass is 322 g/mol. The zero-order chi connectivity index (χ0) is 16.8. The second kappa shape index (κ2) is 4.97. The summed E-state index contributed by atoms with van der Waals surface area (Å²) in [6.45, 7) is 0. The van der Waals surface area contributed by atoms with Crippen molar-refractivity contribution in [2.24, 2.45) is 0 Å². The number of anilines is 1. The Labute approximate surface area is 126 Å². The van der Waals surface area contributed by atoms with Crippen molar-refractivity contribution in [2.45, 2.75) is 6.18 Å². The predicted molar refractivity (Wildman–Crippen MR) is 75.7 cm³/mol. The van der Waals surface area contributed by atoms with Crippen molar-refractivity contribution in [3.63, 3.8) is 0 Å². The molecule has 3 aromatic rings. The highest BCUT2D eigenvalue weighted by molar-refractivity contribution is 5.99. The molecule has 6 nitrogen and oxygen atoms in total. The highest BCUT2D eigenvalue weighted by Crippen LogP contribution is 2.38. The summed E-state index contributed by atoms with van der Waals surface area (Å²) in [4.78, 5) is 20.8. The molecule has 0 amide bonds. The minimum absolute atomic E-state index is 0.0177. The van der Waals surface area contributed by atoms with Gasteiger partial charge in [0.15, 0.2) is 0 Å². The molecule has 1 aromatic carbocycles. The highest BCUT2D eigenvalue weighted by atomic mass is 19.4. The standard InChI is InChI=1S/C14H9F3N4O2/c15-14(16,17)9-5-20-13(18)21-11(9)8-4-19-10-3-6(12(22)23)1-2-7(8)10/h1-5,19H,(H,22,23)(H2,18,20,21). The molecule has 2 heterocycles. The van der Waals surface area contributed by atoms with Gasteiger partial charge in [-0.3, -0.25) is 0 Å². The first kappa shape index (κ1) is 14.8. The van der Waals surface area contributed by atoms with E-state index in [0.717, 1.165) is 0 Å². The van der Waals surface area contributed by atoms with E-state index in [1.54, 1.807) is 0 Å². The third-order valence-corrected chi connectivity index (χ3v) is 3.30. The van der Waals surface area contributed by atoms with Gasteiger partial charge in [-0.15, -0.1) is 0 Å². The van der Waals surface area contributed by atoms with E-state index in [-0.39, 0.29) is 22.8 Å². The molecular weight excluding hydrogens is 313 g/mol. The van der Waals surface area contributed by atoms with Gasteiger partial charge < -0.3 is 15.8 Å². The van der Waals surface area contributed by atoms with Crippen molar-refractivity contribution in [1.82, 2.24) is 15.0 Å². The summed E-state index contributed by atoms with van der Waals surface area (Å²) in [5, 5.41) is 9.36. The van der Waals surface area contributed by atoms with E-state index in [1.807, 2.05) is 0 Å². The first-order valence-electron chi connectivity index (χ1n) is 6.32. The molecule has 9 heteroatoms. The molecule has 0 radical (unpaired) electrons. The zero-order valence-electron chi connectivity index (χ0n) is 11.3. The molecular formula is C14H9F3N4O2. The molecule has 0 aliphatic carbocycles. The van der Waals surface area contributed by atoms with Gasteiger partial charge in [0.25, 0.3) is 0 Å². The molecule has 0 atom stereocenters. The molecule has 2 aromatic heterocycles. The maximum absolute atomic E-state index is 13.1. The van der Waals surface area contributed by atoms with E-state index in [9.17, 15) is 18.0 Å². The Morgan fingerprint density at radius 2 is 2.04 bits per heavy atom. The Bertz CT molecular complexity index is 918. The van der Waals surface area contributed by atoms with Gasteiger partial charge in [0, 0.05) is 28.9 Å². The van der Waals surface area contributed by atoms with E-state index in [4.69, 9.17) is 10.8 Å². The van der Waals surface area contributed by atoms with Crippen LogP contribution in [0.5, 0.6) is 0 Å². The van der Waals surface area contributed by atoms with E-state index in [1.165, 1.54) is 24.4 Å². The van der Waals surface area contributed by atoms with Gasteiger partial charge in [0.05, 0.1) is 11.3 Å². The lowest BCUT2D eigenvalue weighted by Crippen LogP contribution is -2.10. The van der Waals surface area contributed by atoms with Crippen LogP contribution in [0.25, 0.3) is 22.2 Å². The summed E-state index contributed by atoms with van der Waals surface area (Å²) in [6.07, 6.45) is -2.69. The molecule has 0 saturated heterocycles. The average Bonchev–Trinajstić information content (AvgIpc) is 2.88. The number of carboxylic acids is 1. The number of aromatic amines is 1. The maximum atomic E-state index is 13.1. The van der Waals surface area contributed by atoms with Gasteiger partial charge in [0.1, 0.15) is 5.56 Å². The van der Waals surface area contributed by atoms with Gasteiger partial charge in [-0.2, -0.15) is 13.2 Å². The number of hydrogen-bond donors (Lipinski definition) is 3. The number of aromatic nitrogens is 3. The number of nitrogens with zero attached hydrogens (tertiary/aromatic N) is 2. The fraction of sp³-hybridized carbons (Fsp3) is 0.0714. The summed E-state index contributed by atoms with van der Waals surface area (Å²) in [5.41, 5.74) is 4.59. The topological polar surface area (TPSA) is 105 Å². The molecule has 0 aliphatic rings. The Morgan fingerprint density at radius 1 is 1.30 bits per heavy atom. The van der Waals surface area contributed by atoms with Crippen LogP contribution in [0.2, 0.25) is 0 Å². The van der Waals surface area contributed by atoms with Crippen molar-refractivity contribution in [3.05, 3.63) is 41.7 Å². The molecule has 0 bridgehead atoms. The quantitative estimate of drug-likeness (QED) is 0.673. The number of nitrogen functional groups attached to an aromatic ring is 1. The normalized spacial score (nSPS) is 11.8. The lowest BCUT2D eigenvalue weighted by Gasteiger charge is -2.11. The third-order valence-electron chi connectivity index (χ3n) is 3.30. The van der Waals surface area contributed by atoms with Crippen LogP contribution in [0.3, 0.4) is 0 Å². The van der Waals surface area contributed by atoms with E-state index in [2.05, 4.69) is 15.0 Å². The number of nitrogens with two attached hydrogens (primary N) is 1. The van der Waals surface area contributed by atoms with Crippen LogP contribution in [-0.2, 0) is 6.18 Å². The fourth-order valence-electron chi connectivity index (χ4n) is 2.26. The first-order chi connectivity index (χ1) is 10.8. The molecule has 0 saturated carbocycles. The highest BCUT2D eigenvalue weighted by Gasteiger charge is 2.36. The van der Waals surface area contributed by atoms with E-state index in [0.29, 0.717) is 17.1 Å². The number of halogens is 3. The Balaban J connectivity index is 2.25. The number of alkyl halides is 3. The summed E-state index contributed by atoms with van der Waals surface area (Å²) in [5.74, 6) is -1.42. The van der Waals surface area contributed by atoms with Crippen molar-refractivity contribution in [3.8, 4) is 11.3 Å². The molecule has 118 valence electrons. The van der Waals surface area contributed by atoms with Gasteiger partial charge >= 0.3 is 12.1 Å². The molecule has 0 fully saturated rings. The number of carbonyl (C=O) groups is 1. The molecule has 3 rings (SSSR count). The summed E-state index contributed by atoms with van der Waals surface area (Å²) >= 11 is 0. The van der Waals surface area contributed by atoms with Gasteiger partial charge in [-0.1, -0.05) is 6.07 Å². The molecule has 0 unspecified atom stereocenters. The van der Waals surface area contributed by atoms with Gasteiger partial charge in [0.2, 0.25) is 5.95 Å². The van der Waals surface area contributed by atoms with Crippen LogP contribution in [-0.4, -0.2) is 26.0 Å². The van der Waals surface area contributed by atoms with Crippen molar-refractivity contribution < 1.29 is 23.1 Å². The third kappa shape index (κ3) is 2.56. The summed E-state index contributed by atoms with van der Waals surface area (Å²) < 4.78 is 39.4. The lowest BCUT2D eigenvalue weighted by atomic mass is 10.0. The Hall–Kier alpha value is -3.10. The number of rotatable bonds is 2. The van der Waals surface area contributed by atoms with E-state index >= 15 is 0 Å². The molecule has 0 spiro atoms. The van der Waals surface area contributed by atoms with Crippen LogP contribution in [0.4, 0.5) is 19.1 Å². The van der Waals surface area contributed by atoms with Crippen molar-refractivity contribution in [1.29, 1.82) is 0 Å². The molecule has 0 aliphatic heterocycles. The van der Waals surface area contributed by atoms with Crippen LogP contribution in [0.1, 0.15) is 15.9 Å². The number of carboxylic acid groups (broad SMARTS) is 1. The smallest absolute Gasteiger partial charge is 0.419 e. The average molecular weight is 322 g/mol. The zero-order valence-corrected chi connectivity index (χ0v) is 11.3. The number of fused-ring (bicyclic) bond motifs is 1. The number of H-pyrrole nitrogens is 1. The van der Waals surface area contributed by atoms with Crippen molar-refractivity contribution >= 4 is 22.8 Å². The van der Waals surface area contributed by atoms with Crippen LogP contribution in [0.15, 0.2) is 30.6 Å². The second-order valence-corrected chi connectivity index (χ2v) is 4.76. The minimum Gasteiger partial charge on any atom is -0.478 e. The first-order valence-corrected chi connectivity index (χ1v) is 6.32. The summed E-state index contributed by atoms with van der Waals surface area (Å²) in [7, 11) is 0. The Kier molecular flexibility index (Phi) is 3.20. The van der Waals surface area contributed by atoms with Crippen LogP contribution >= 0.6 is 0 Å².